The molecule has 0 saturated heterocycles. The molecule has 0 fully saturated rings. The van der Waals surface area contributed by atoms with Gasteiger partial charge in [-0.3, -0.25) is 0 Å². The Bertz CT molecular complexity index is 941. The predicted molar refractivity (Wildman–Crippen MR) is 120 cm³/mol. The van der Waals surface area contributed by atoms with E-state index in [1.165, 1.54) is 16.7 Å². The molecule has 1 aromatic heterocycles. The number of hydrogen-bond acceptors (Lipinski definition) is 1. The van der Waals surface area contributed by atoms with Crippen LogP contribution in [0.3, 0.4) is 0 Å². The van der Waals surface area contributed by atoms with Crippen molar-refractivity contribution < 1.29 is 4.79 Å². The molecule has 4 nitrogen and oxygen atoms in total. The summed E-state index contributed by atoms with van der Waals surface area (Å²) >= 11 is 0. The van der Waals surface area contributed by atoms with E-state index < -0.39 is 0 Å². The number of carbonyl (C=O) groups excluding carboxylic acids is 1. The van der Waals surface area contributed by atoms with Crippen LogP contribution in [0.25, 0.3) is 0 Å². The minimum Gasteiger partial charge on any atom is -0.345 e. The Morgan fingerprint density at radius 2 is 1.79 bits per heavy atom. The second-order valence-corrected chi connectivity index (χ2v) is 7.82. The number of urea groups is 1. The minimum absolute atomic E-state index is 0.0763. The first-order valence-corrected chi connectivity index (χ1v) is 10.3. The topological polar surface area (TPSA) is 37.3 Å². The molecule has 1 heterocycles. The van der Waals surface area contributed by atoms with Gasteiger partial charge in [0.25, 0.3) is 0 Å². The van der Waals surface area contributed by atoms with E-state index in [2.05, 4.69) is 72.4 Å². The minimum atomic E-state index is -0.0763. The number of rotatable bonds is 7. The quantitative estimate of drug-likeness (QED) is 0.541. The van der Waals surface area contributed by atoms with Crippen LogP contribution < -0.4 is 5.32 Å². The summed E-state index contributed by atoms with van der Waals surface area (Å²) in [6, 6.07) is 20.7. The number of benzene rings is 2. The summed E-state index contributed by atoms with van der Waals surface area (Å²) in [5, 5.41) is 3.04. The van der Waals surface area contributed by atoms with E-state index in [1.807, 2.05) is 36.9 Å². The maximum absolute atomic E-state index is 13.0. The molecule has 0 aliphatic carbocycles. The fourth-order valence-electron chi connectivity index (χ4n) is 3.44. The van der Waals surface area contributed by atoms with Crippen LogP contribution in [0.15, 0.2) is 66.9 Å². The van der Waals surface area contributed by atoms with Crippen molar-refractivity contribution in [2.75, 3.05) is 5.32 Å². The molecule has 152 valence electrons. The fraction of sp³-hybridized carbons (Fsp3) is 0.320. The third-order valence-corrected chi connectivity index (χ3v) is 5.19. The van der Waals surface area contributed by atoms with Crippen LogP contribution in [0.4, 0.5) is 10.5 Å². The first-order valence-electron chi connectivity index (χ1n) is 10.3. The number of aromatic nitrogens is 1. The van der Waals surface area contributed by atoms with Crippen LogP contribution >= 0.6 is 0 Å². The van der Waals surface area contributed by atoms with E-state index in [9.17, 15) is 4.79 Å². The summed E-state index contributed by atoms with van der Waals surface area (Å²) < 4.78 is 2.22. The Kier molecular flexibility index (Phi) is 6.76. The lowest BCUT2D eigenvalue weighted by atomic mass is 10.1. The Hall–Kier alpha value is -3.01. The lowest BCUT2D eigenvalue weighted by Crippen LogP contribution is -2.40. The van der Waals surface area contributed by atoms with Gasteiger partial charge in [0, 0.05) is 30.2 Å². The summed E-state index contributed by atoms with van der Waals surface area (Å²) in [4.78, 5) is 14.8. The van der Waals surface area contributed by atoms with Gasteiger partial charge < -0.3 is 14.8 Å². The second kappa shape index (κ2) is 9.46. The van der Waals surface area contributed by atoms with Gasteiger partial charge in [0.1, 0.15) is 0 Å². The highest BCUT2D eigenvalue weighted by molar-refractivity contribution is 5.89. The second-order valence-electron chi connectivity index (χ2n) is 7.82. The van der Waals surface area contributed by atoms with Gasteiger partial charge >= 0.3 is 6.03 Å². The van der Waals surface area contributed by atoms with Crippen LogP contribution in [0.2, 0.25) is 0 Å². The number of nitrogens with one attached hydrogen (secondary N) is 1. The predicted octanol–water partition coefficient (Wildman–Crippen LogP) is 5.85. The fourth-order valence-corrected chi connectivity index (χ4v) is 3.44. The maximum atomic E-state index is 13.0. The Morgan fingerprint density at radius 3 is 2.45 bits per heavy atom. The van der Waals surface area contributed by atoms with E-state index in [-0.39, 0.29) is 12.1 Å². The Morgan fingerprint density at radius 1 is 1.03 bits per heavy atom. The first-order chi connectivity index (χ1) is 14.0. The number of carbonyl (C=O) groups is 1. The highest BCUT2D eigenvalue weighted by atomic mass is 16.2. The first kappa shape index (κ1) is 20.7. The van der Waals surface area contributed by atoms with Gasteiger partial charge in [-0.25, -0.2) is 4.79 Å². The van der Waals surface area contributed by atoms with Gasteiger partial charge in [0.05, 0.1) is 6.54 Å². The third kappa shape index (κ3) is 5.50. The molecule has 0 spiro atoms. The highest BCUT2D eigenvalue weighted by Crippen LogP contribution is 2.16. The van der Waals surface area contributed by atoms with Crippen LogP contribution in [-0.4, -0.2) is 21.5 Å². The normalized spacial score (nSPS) is 10.9. The lowest BCUT2D eigenvalue weighted by molar-refractivity contribution is 0.192. The van der Waals surface area contributed by atoms with Crippen molar-refractivity contribution in [3.8, 4) is 0 Å². The van der Waals surface area contributed by atoms with Crippen LogP contribution in [0, 0.1) is 6.92 Å². The molecule has 2 aromatic carbocycles. The van der Waals surface area contributed by atoms with Gasteiger partial charge in [0.15, 0.2) is 0 Å². The number of hydrogen-bond donors (Lipinski definition) is 1. The summed E-state index contributed by atoms with van der Waals surface area (Å²) in [5.41, 5.74) is 5.73. The summed E-state index contributed by atoms with van der Waals surface area (Å²) in [6.45, 7) is 9.70. The van der Waals surface area contributed by atoms with Crippen molar-refractivity contribution in [1.29, 1.82) is 0 Å². The zero-order valence-corrected chi connectivity index (χ0v) is 17.9. The zero-order chi connectivity index (χ0) is 20.8. The van der Waals surface area contributed by atoms with Crippen molar-refractivity contribution >= 4 is 11.7 Å². The summed E-state index contributed by atoms with van der Waals surface area (Å²) in [7, 11) is 0. The van der Waals surface area contributed by atoms with E-state index in [1.54, 1.807) is 0 Å². The van der Waals surface area contributed by atoms with Gasteiger partial charge in [-0.05, 0) is 62.6 Å². The van der Waals surface area contributed by atoms with Crippen molar-refractivity contribution in [3.05, 3.63) is 89.2 Å². The molecule has 0 atom stereocenters. The third-order valence-electron chi connectivity index (χ3n) is 5.19. The molecule has 3 rings (SSSR count). The molecule has 1 N–H and O–H groups in total. The molecule has 2 amide bonds. The smallest absolute Gasteiger partial charge is 0.322 e. The average Bonchev–Trinajstić information content (AvgIpc) is 3.13. The molecule has 0 saturated carbocycles. The Labute approximate surface area is 174 Å². The molecule has 0 aliphatic rings. The van der Waals surface area contributed by atoms with E-state index in [0.717, 1.165) is 24.3 Å². The SMILES string of the molecule is CCc1ccc(NC(=O)N(Cc2cccn2Cc2cccc(C)c2)C(C)C)cc1. The zero-order valence-electron chi connectivity index (χ0n) is 17.9. The summed E-state index contributed by atoms with van der Waals surface area (Å²) in [6.07, 6.45) is 3.07. The lowest BCUT2D eigenvalue weighted by Gasteiger charge is -2.27. The molecule has 0 unspecified atom stereocenters. The number of anilines is 1. The van der Waals surface area contributed by atoms with Gasteiger partial charge in [0.2, 0.25) is 0 Å². The van der Waals surface area contributed by atoms with Crippen molar-refractivity contribution in [2.24, 2.45) is 0 Å². The summed E-state index contributed by atoms with van der Waals surface area (Å²) in [5.74, 6) is 0. The van der Waals surface area contributed by atoms with Crippen molar-refractivity contribution in [3.63, 3.8) is 0 Å². The average molecular weight is 390 g/mol. The molecule has 0 radical (unpaired) electrons. The molecular formula is C25H31N3O. The molecule has 0 aliphatic heterocycles. The van der Waals surface area contributed by atoms with Crippen LogP contribution in [0.5, 0.6) is 0 Å². The van der Waals surface area contributed by atoms with Gasteiger partial charge in [-0.1, -0.05) is 48.9 Å². The molecule has 4 heteroatoms. The van der Waals surface area contributed by atoms with E-state index in [4.69, 9.17) is 0 Å². The molecular weight excluding hydrogens is 358 g/mol. The maximum Gasteiger partial charge on any atom is 0.322 e. The van der Waals surface area contributed by atoms with Crippen LogP contribution in [0.1, 0.15) is 43.2 Å². The van der Waals surface area contributed by atoms with Gasteiger partial charge in [-0.15, -0.1) is 0 Å². The Balaban J connectivity index is 1.72. The van der Waals surface area contributed by atoms with Crippen LogP contribution in [-0.2, 0) is 19.5 Å². The number of amides is 2. The van der Waals surface area contributed by atoms with Crippen molar-refractivity contribution in [2.45, 2.75) is 53.2 Å². The van der Waals surface area contributed by atoms with Crippen molar-refractivity contribution in [1.82, 2.24) is 9.47 Å². The largest absolute Gasteiger partial charge is 0.345 e. The molecule has 0 bridgehead atoms. The highest BCUT2D eigenvalue weighted by Gasteiger charge is 2.19. The van der Waals surface area contributed by atoms with Gasteiger partial charge in [-0.2, -0.15) is 0 Å². The number of aryl methyl sites for hydroxylation is 2. The molecule has 29 heavy (non-hydrogen) atoms. The monoisotopic (exact) mass is 389 g/mol. The van der Waals surface area contributed by atoms with E-state index >= 15 is 0 Å². The van der Waals surface area contributed by atoms with E-state index in [0.29, 0.717) is 6.54 Å². The number of nitrogens with zero attached hydrogens (tertiary/aromatic N) is 2. The standard InChI is InChI=1S/C25H31N3O/c1-5-21-11-13-23(14-12-21)26-25(29)28(19(2)3)18-24-10-7-15-27(24)17-22-9-6-8-20(4)16-22/h6-16,19H,5,17-18H2,1-4H3,(H,26,29). The molecule has 3 aromatic rings.